The Bertz CT molecular complexity index is 1020. The number of methoxy groups -OCH3 is 2. The molecule has 0 radical (unpaired) electrons. The van der Waals surface area contributed by atoms with Crippen molar-refractivity contribution in [2.45, 2.75) is 0 Å². The molecule has 0 aliphatic heterocycles. The van der Waals surface area contributed by atoms with Crippen molar-refractivity contribution >= 4 is 34.8 Å². The van der Waals surface area contributed by atoms with Crippen LogP contribution in [0.3, 0.4) is 0 Å². The molecule has 3 rings (SSSR count). The van der Waals surface area contributed by atoms with Crippen LogP contribution in [0, 0.1) is 0 Å². The van der Waals surface area contributed by atoms with Gasteiger partial charge in [0.25, 0.3) is 11.8 Å². The monoisotopic (exact) mass is 410 g/mol. The van der Waals surface area contributed by atoms with E-state index in [9.17, 15) is 9.59 Å². The van der Waals surface area contributed by atoms with E-state index in [1.54, 1.807) is 80.9 Å². The molecule has 148 valence electrons. The molecule has 7 heteroatoms. The smallest absolute Gasteiger partial charge is 0.255 e. The third-order valence-electron chi connectivity index (χ3n) is 4.20. The lowest BCUT2D eigenvalue weighted by Crippen LogP contribution is -2.17. The van der Waals surface area contributed by atoms with E-state index in [2.05, 4.69) is 10.6 Å². The van der Waals surface area contributed by atoms with Crippen LogP contribution in [0.25, 0.3) is 0 Å². The van der Waals surface area contributed by atoms with E-state index < -0.39 is 0 Å². The highest BCUT2D eigenvalue weighted by atomic mass is 35.5. The molecule has 29 heavy (non-hydrogen) atoms. The molecule has 0 spiro atoms. The van der Waals surface area contributed by atoms with E-state index in [4.69, 9.17) is 21.1 Å². The zero-order valence-corrected chi connectivity index (χ0v) is 16.6. The number of carbonyl (C=O) groups is 2. The summed E-state index contributed by atoms with van der Waals surface area (Å²) < 4.78 is 10.2. The van der Waals surface area contributed by atoms with Crippen molar-refractivity contribution in [2.75, 3.05) is 24.9 Å². The summed E-state index contributed by atoms with van der Waals surface area (Å²) in [5.41, 5.74) is 1.58. The first-order valence-electron chi connectivity index (χ1n) is 8.71. The summed E-state index contributed by atoms with van der Waals surface area (Å²) >= 11 is 6.28. The number of nitrogens with one attached hydrogen (secondary N) is 2. The van der Waals surface area contributed by atoms with Gasteiger partial charge in [-0.3, -0.25) is 9.59 Å². The van der Waals surface area contributed by atoms with Crippen molar-refractivity contribution in [1.82, 2.24) is 0 Å². The van der Waals surface area contributed by atoms with Crippen LogP contribution in [-0.4, -0.2) is 26.0 Å². The normalized spacial score (nSPS) is 10.2. The summed E-state index contributed by atoms with van der Waals surface area (Å²) in [5.74, 6) is 0.596. The number of hydrogen-bond donors (Lipinski definition) is 2. The molecule has 6 nitrogen and oxygen atoms in total. The first-order chi connectivity index (χ1) is 14.0. The van der Waals surface area contributed by atoms with Crippen LogP contribution in [0.1, 0.15) is 20.7 Å². The second-order valence-corrected chi connectivity index (χ2v) is 6.43. The second-order valence-electron chi connectivity index (χ2n) is 6.03. The average molecular weight is 411 g/mol. The van der Waals surface area contributed by atoms with Crippen molar-refractivity contribution in [2.24, 2.45) is 0 Å². The van der Waals surface area contributed by atoms with Crippen LogP contribution in [0.2, 0.25) is 5.02 Å². The van der Waals surface area contributed by atoms with E-state index in [1.165, 1.54) is 0 Å². The van der Waals surface area contributed by atoms with Crippen LogP contribution < -0.4 is 20.1 Å². The van der Waals surface area contributed by atoms with Crippen LogP contribution in [0.15, 0.2) is 66.7 Å². The number of hydrogen-bond acceptors (Lipinski definition) is 4. The SMILES string of the molecule is COc1ccc(C(=O)Nc2cccc(Cl)c2NC(=O)c2ccc(OC)cc2)cc1. The van der Waals surface area contributed by atoms with E-state index in [1.807, 2.05) is 0 Å². The number of ether oxygens (including phenoxy) is 2. The van der Waals surface area contributed by atoms with Gasteiger partial charge in [0.1, 0.15) is 11.5 Å². The Morgan fingerprint density at radius 3 is 1.69 bits per heavy atom. The summed E-state index contributed by atoms with van der Waals surface area (Å²) in [6, 6.07) is 18.3. The molecule has 0 saturated carbocycles. The number of rotatable bonds is 6. The zero-order valence-electron chi connectivity index (χ0n) is 15.9. The van der Waals surface area contributed by atoms with Crippen molar-refractivity contribution in [3.8, 4) is 11.5 Å². The fraction of sp³-hybridized carbons (Fsp3) is 0.0909. The summed E-state index contributed by atoms with van der Waals surface area (Å²) in [6.45, 7) is 0. The van der Waals surface area contributed by atoms with Crippen molar-refractivity contribution < 1.29 is 19.1 Å². The molecule has 0 aromatic heterocycles. The predicted molar refractivity (Wildman–Crippen MR) is 113 cm³/mol. The van der Waals surface area contributed by atoms with Crippen LogP contribution in [-0.2, 0) is 0 Å². The highest BCUT2D eigenvalue weighted by Gasteiger charge is 2.15. The van der Waals surface area contributed by atoms with E-state index in [0.29, 0.717) is 39.0 Å². The number of amides is 2. The molecular formula is C22H19ClN2O4. The highest BCUT2D eigenvalue weighted by Crippen LogP contribution is 2.31. The van der Waals surface area contributed by atoms with Gasteiger partial charge in [-0.1, -0.05) is 17.7 Å². The lowest BCUT2D eigenvalue weighted by Gasteiger charge is -2.14. The van der Waals surface area contributed by atoms with Gasteiger partial charge in [0.15, 0.2) is 0 Å². The van der Waals surface area contributed by atoms with Crippen LogP contribution in [0.4, 0.5) is 11.4 Å². The molecule has 0 fully saturated rings. The van der Waals surface area contributed by atoms with E-state index in [-0.39, 0.29) is 11.8 Å². The van der Waals surface area contributed by atoms with Gasteiger partial charge in [0.2, 0.25) is 0 Å². The summed E-state index contributed by atoms with van der Waals surface area (Å²) in [7, 11) is 3.11. The standard InChI is InChI=1S/C22H19ClN2O4/c1-28-16-10-6-14(7-11-16)21(26)24-19-5-3-4-18(23)20(19)25-22(27)15-8-12-17(29-2)13-9-15/h3-13H,1-2H3,(H,24,26)(H,25,27). The maximum Gasteiger partial charge on any atom is 0.255 e. The van der Waals surface area contributed by atoms with Gasteiger partial charge < -0.3 is 20.1 Å². The number of carbonyl (C=O) groups excluding carboxylic acids is 2. The van der Waals surface area contributed by atoms with E-state index >= 15 is 0 Å². The van der Waals surface area contributed by atoms with Gasteiger partial charge in [-0.25, -0.2) is 0 Å². The summed E-state index contributed by atoms with van der Waals surface area (Å²) in [4.78, 5) is 25.2. The van der Waals surface area contributed by atoms with Gasteiger partial charge in [-0.15, -0.1) is 0 Å². The Morgan fingerprint density at radius 2 is 1.21 bits per heavy atom. The quantitative estimate of drug-likeness (QED) is 0.608. The average Bonchev–Trinajstić information content (AvgIpc) is 2.76. The molecular weight excluding hydrogens is 392 g/mol. The minimum Gasteiger partial charge on any atom is -0.497 e. The molecule has 0 saturated heterocycles. The topological polar surface area (TPSA) is 76.7 Å². The number of anilines is 2. The van der Waals surface area contributed by atoms with Gasteiger partial charge >= 0.3 is 0 Å². The first kappa shape index (κ1) is 20.2. The largest absolute Gasteiger partial charge is 0.497 e. The van der Waals surface area contributed by atoms with E-state index in [0.717, 1.165) is 0 Å². The fourth-order valence-corrected chi connectivity index (χ4v) is 2.84. The van der Waals surface area contributed by atoms with Crippen molar-refractivity contribution in [1.29, 1.82) is 0 Å². The molecule has 0 aliphatic rings. The summed E-state index contributed by atoms with van der Waals surface area (Å²) in [5, 5.41) is 5.85. The highest BCUT2D eigenvalue weighted by molar-refractivity contribution is 6.35. The predicted octanol–water partition coefficient (Wildman–Crippen LogP) is 4.86. The maximum absolute atomic E-state index is 12.6. The molecule has 0 heterocycles. The minimum absolute atomic E-state index is 0.305. The molecule has 0 unspecified atom stereocenters. The molecule has 2 amide bonds. The van der Waals surface area contributed by atoms with Crippen molar-refractivity contribution in [3.63, 3.8) is 0 Å². The van der Waals surface area contributed by atoms with Gasteiger partial charge in [-0.05, 0) is 60.7 Å². The molecule has 3 aromatic rings. The number of para-hydroxylation sites is 1. The van der Waals surface area contributed by atoms with Gasteiger partial charge in [0, 0.05) is 11.1 Å². The van der Waals surface area contributed by atoms with Crippen LogP contribution >= 0.6 is 11.6 Å². The molecule has 2 N–H and O–H groups in total. The Morgan fingerprint density at radius 1 is 0.724 bits per heavy atom. The Labute approximate surface area is 173 Å². The lowest BCUT2D eigenvalue weighted by atomic mass is 10.1. The Balaban J connectivity index is 1.80. The van der Waals surface area contributed by atoms with Gasteiger partial charge in [-0.2, -0.15) is 0 Å². The van der Waals surface area contributed by atoms with Crippen LogP contribution in [0.5, 0.6) is 11.5 Å². The lowest BCUT2D eigenvalue weighted by molar-refractivity contribution is 0.101. The fourth-order valence-electron chi connectivity index (χ4n) is 2.62. The minimum atomic E-state index is -0.360. The first-order valence-corrected chi connectivity index (χ1v) is 9.09. The zero-order chi connectivity index (χ0) is 20.8. The Hall–Kier alpha value is -3.51. The maximum atomic E-state index is 12.6. The third kappa shape index (κ3) is 4.86. The Kier molecular flexibility index (Phi) is 6.36. The second kappa shape index (κ2) is 9.12. The van der Waals surface area contributed by atoms with Crippen molar-refractivity contribution in [3.05, 3.63) is 82.9 Å². The van der Waals surface area contributed by atoms with Gasteiger partial charge in [0.05, 0.1) is 30.6 Å². The molecule has 0 atom stereocenters. The molecule has 0 bridgehead atoms. The third-order valence-corrected chi connectivity index (χ3v) is 4.52. The number of benzene rings is 3. The molecule has 3 aromatic carbocycles. The summed E-state index contributed by atoms with van der Waals surface area (Å²) in [6.07, 6.45) is 0. The molecule has 0 aliphatic carbocycles. The number of halogens is 1.